The van der Waals surface area contributed by atoms with E-state index in [0.29, 0.717) is 0 Å². The molecule has 0 bridgehead atoms. The average Bonchev–Trinajstić information content (AvgIpc) is 2.03. The molecule has 1 N–H and O–H groups in total. The summed E-state index contributed by atoms with van der Waals surface area (Å²) in [7, 11) is 3.63. The minimum absolute atomic E-state index is 0.0370. The van der Waals surface area contributed by atoms with Crippen LogP contribution in [-0.4, -0.2) is 20.1 Å². The molecular formula is C9H13BO2. The van der Waals surface area contributed by atoms with E-state index in [1.807, 2.05) is 26.9 Å². The molecule has 0 aliphatic carbocycles. The minimum atomic E-state index is 0.0370. The van der Waals surface area contributed by atoms with Crippen LogP contribution >= 0.6 is 0 Å². The molecule has 0 aromatic heterocycles. The van der Waals surface area contributed by atoms with Crippen LogP contribution in [0.2, 0.25) is 0 Å². The molecule has 1 aromatic carbocycles. The van der Waals surface area contributed by atoms with E-state index in [9.17, 15) is 0 Å². The monoisotopic (exact) mass is 164 g/mol. The van der Waals surface area contributed by atoms with Gasteiger partial charge in [0.25, 0.3) is 0 Å². The summed E-state index contributed by atoms with van der Waals surface area (Å²) in [4.78, 5) is 0. The van der Waals surface area contributed by atoms with E-state index in [2.05, 4.69) is 0 Å². The highest BCUT2D eigenvalue weighted by molar-refractivity contribution is 6.32. The van der Waals surface area contributed by atoms with Crippen molar-refractivity contribution >= 4 is 13.3 Å². The van der Waals surface area contributed by atoms with Gasteiger partial charge in [-0.25, -0.2) is 0 Å². The van der Waals surface area contributed by atoms with Crippen LogP contribution in [0.15, 0.2) is 12.1 Å². The number of hydrogen-bond donors (Lipinski definition) is 1. The van der Waals surface area contributed by atoms with Crippen molar-refractivity contribution < 1.29 is 9.84 Å². The van der Waals surface area contributed by atoms with Crippen molar-refractivity contribution in [3.8, 4) is 5.75 Å². The lowest BCUT2D eigenvalue weighted by molar-refractivity contribution is 0.273. The van der Waals surface area contributed by atoms with Gasteiger partial charge < -0.3 is 9.84 Å². The molecule has 0 aliphatic heterocycles. The molecule has 0 aliphatic rings. The van der Waals surface area contributed by atoms with Crippen molar-refractivity contribution in [1.82, 2.24) is 0 Å². The van der Waals surface area contributed by atoms with Crippen molar-refractivity contribution in [2.75, 3.05) is 7.11 Å². The summed E-state index contributed by atoms with van der Waals surface area (Å²) < 4.78 is 5.14. The Morgan fingerprint density at radius 3 is 2.67 bits per heavy atom. The van der Waals surface area contributed by atoms with E-state index in [0.717, 1.165) is 22.3 Å². The van der Waals surface area contributed by atoms with Gasteiger partial charge >= 0.3 is 0 Å². The van der Waals surface area contributed by atoms with Crippen LogP contribution in [0.4, 0.5) is 0 Å². The van der Waals surface area contributed by atoms with Crippen LogP contribution in [-0.2, 0) is 6.61 Å². The van der Waals surface area contributed by atoms with Crippen LogP contribution in [0.25, 0.3) is 0 Å². The van der Waals surface area contributed by atoms with Crippen LogP contribution < -0.4 is 10.2 Å². The highest BCUT2D eigenvalue weighted by Crippen LogP contribution is 2.19. The second-order valence-corrected chi connectivity index (χ2v) is 2.92. The van der Waals surface area contributed by atoms with Gasteiger partial charge in [-0.2, -0.15) is 0 Å². The molecule has 0 atom stereocenters. The number of aliphatic hydroxyl groups excluding tert-OH is 1. The summed E-state index contributed by atoms with van der Waals surface area (Å²) in [5, 5.41) is 9.04. The Morgan fingerprint density at radius 2 is 2.17 bits per heavy atom. The maximum absolute atomic E-state index is 9.04. The molecule has 2 nitrogen and oxygen atoms in total. The van der Waals surface area contributed by atoms with E-state index < -0.39 is 0 Å². The maximum Gasteiger partial charge on any atom is 0.139 e. The second kappa shape index (κ2) is 3.63. The van der Waals surface area contributed by atoms with Crippen LogP contribution in [0.1, 0.15) is 11.1 Å². The number of aliphatic hydroxyl groups is 1. The van der Waals surface area contributed by atoms with E-state index in [4.69, 9.17) is 9.84 Å². The summed E-state index contributed by atoms with van der Waals surface area (Å²) in [6, 6.07) is 3.96. The zero-order valence-electron chi connectivity index (χ0n) is 7.72. The first-order chi connectivity index (χ1) is 5.69. The van der Waals surface area contributed by atoms with Gasteiger partial charge in [-0.15, -0.1) is 0 Å². The number of rotatable bonds is 2. The quantitative estimate of drug-likeness (QED) is 0.611. The van der Waals surface area contributed by atoms with E-state index >= 15 is 0 Å². The Labute approximate surface area is 73.6 Å². The van der Waals surface area contributed by atoms with Crippen molar-refractivity contribution in [2.24, 2.45) is 0 Å². The standard InChI is InChI=1S/C9H13BO2/c1-6-3-7(10)4-9(12-2)8(6)5-11/h3-4,11H,5,10H2,1-2H3. The van der Waals surface area contributed by atoms with Gasteiger partial charge in [0.05, 0.1) is 13.7 Å². The summed E-state index contributed by atoms with van der Waals surface area (Å²) >= 11 is 0. The van der Waals surface area contributed by atoms with Gasteiger partial charge in [0, 0.05) is 5.56 Å². The van der Waals surface area contributed by atoms with Gasteiger partial charge in [0.1, 0.15) is 13.6 Å². The largest absolute Gasteiger partial charge is 0.496 e. The zero-order chi connectivity index (χ0) is 9.14. The number of ether oxygens (including phenoxy) is 1. The molecule has 1 rings (SSSR count). The lowest BCUT2D eigenvalue weighted by Crippen LogP contribution is -2.07. The van der Waals surface area contributed by atoms with Crippen molar-refractivity contribution in [3.63, 3.8) is 0 Å². The molecule has 3 heteroatoms. The van der Waals surface area contributed by atoms with Crippen LogP contribution in [0.3, 0.4) is 0 Å². The molecule has 0 unspecified atom stereocenters. The Kier molecular flexibility index (Phi) is 2.76. The number of hydrogen-bond acceptors (Lipinski definition) is 2. The predicted octanol–water partition coefficient (Wildman–Crippen LogP) is -0.246. The fourth-order valence-electron chi connectivity index (χ4n) is 1.34. The molecule has 0 amide bonds. The summed E-state index contributed by atoms with van der Waals surface area (Å²) in [6.07, 6.45) is 0. The zero-order valence-corrected chi connectivity index (χ0v) is 7.72. The first-order valence-electron chi connectivity index (χ1n) is 3.94. The third kappa shape index (κ3) is 1.61. The second-order valence-electron chi connectivity index (χ2n) is 2.92. The smallest absolute Gasteiger partial charge is 0.139 e. The molecule has 0 spiro atoms. The third-order valence-electron chi connectivity index (χ3n) is 1.95. The van der Waals surface area contributed by atoms with Gasteiger partial charge in [0.15, 0.2) is 0 Å². The molecule has 0 saturated carbocycles. The van der Waals surface area contributed by atoms with Crippen molar-refractivity contribution in [1.29, 1.82) is 0 Å². The highest BCUT2D eigenvalue weighted by Gasteiger charge is 2.05. The van der Waals surface area contributed by atoms with Gasteiger partial charge in [-0.1, -0.05) is 11.5 Å². The summed E-state index contributed by atoms with van der Waals surface area (Å²) in [6.45, 7) is 2.01. The Morgan fingerprint density at radius 1 is 1.50 bits per heavy atom. The predicted molar refractivity (Wildman–Crippen MR) is 51.8 cm³/mol. The third-order valence-corrected chi connectivity index (χ3v) is 1.95. The lowest BCUT2D eigenvalue weighted by Gasteiger charge is -2.10. The normalized spacial score (nSPS) is 9.92. The van der Waals surface area contributed by atoms with Crippen LogP contribution in [0.5, 0.6) is 5.75 Å². The van der Waals surface area contributed by atoms with Crippen LogP contribution in [0, 0.1) is 6.92 Å². The Balaban J connectivity index is 3.24. The van der Waals surface area contributed by atoms with Crippen molar-refractivity contribution in [3.05, 3.63) is 23.3 Å². The van der Waals surface area contributed by atoms with E-state index in [1.54, 1.807) is 7.11 Å². The van der Waals surface area contributed by atoms with Gasteiger partial charge in [0.2, 0.25) is 0 Å². The highest BCUT2D eigenvalue weighted by atomic mass is 16.5. The van der Waals surface area contributed by atoms with Gasteiger partial charge in [-0.3, -0.25) is 0 Å². The summed E-state index contributed by atoms with van der Waals surface area (Å²) in [5.41, 5.74) is 3.11. The fraction of sp³-hybridized carbons (Fsp3) is 0.333. The molecule has 0 heterocycles. The molecule has 0 saturated heterocycles. The Hall–Kier alpha value is -0.955. The fourth-order valence-corrected chi connectivity index (χ4v) is 1.34. The molecule has 0 fully saturated rings. The first-order valence-corrected chi connectivity index (χ1v) is 3.94. The molecule has 1 aromatic rings. The molecule has 12 heavy (non-hydrogen) atoms. The first kappa shape index (κ1) is 9.14. The maximum atomic E-state index is 9.04. The van der Waals surface area contributed by atoms with E-state index in [1.165, 1.54) is 0 Å². The Bertz CT molecular complexity index is 284. The average molecular weight is 164 g/mol. The summed E-state index contributed by atoms with van der Waals surface area (Å²) in [5.74, 6) is 0.773. The number of methoxy groups -OCH3 is 1. The molecule has 0 radical (unpaired) electrons. The topological polar surface area (TPSA) is 29.5 Å². The number of aryl methyl sites for hydroxylation is 1. The van der Waals surface area contributed by atoms with E-state index in [-0.39, 0.29) is 6.61 Å². The van der Waals surface area contributed by atoms with Crippen molar-refractivity contribution in [2.45, 2.75) is 13.5 Å². The molecular weight excluding hydrogens is 151 g/mol. The lowest BCUT2D eigenvalue weighted by atomic mass is 9.92. The van der Waals surface area contributed by atoms with Gasteiger partial charge in [-0.05, 0) is 18.6 Å². The molecule has 64 valence electrons. The minimum Gasteiger partial charge on any atom is -0.496 e. The number of benzene rings is 1. The SMILES string of the molecule is Bc1cc(C)c(CO)c(OC)c1.